The van der Waals surface area contributed by atoms with Gasteiger partial charge in [0.05, 0.1) is 11.4 Å². The lowest BCUT2D eigenvalue weighted by Crippen LogP contribution is -2.32. The number of benzene rings is 2. The van der Waals surface area contributed by atoms with Crippen molar-refractivity contribution in [1.29, 1.82) is 0 Å². The van der Waals surface area contributed by atoms with Gasteiger partial charge in [-0.05, 0) is 53.0 Å². The van der Waals surface area contributed by atoms with Crippen molar-refractivity contribution >= 4 is 37.4 Å². The highest BCUT2D eigenvalue weighted by Crippen LogP contribution is 2.23. The van der Waals surface area contributed by atoms with Crippen LogP contribution < -0.4 is 5.32 Å². The van der Waals surface area contributed by atoms with Crippen LogP contribution in [0.1, 0.15) is 36.0 Å². The zero-order valence-electron chi connectivity index (χ0n) is 15.0. The predicted molar refractivity (Wildman–Crippen MR) is 111 cm³/mol. The van der Waals surface area contributed by atoms with Gasteiger partial charge in [-0.1, -0.05) is 37.1 Å². The number of nitrogens with zero attached hydrogens (tertiary/aromatic N) is 1. The lowest BCUT2D eigenvalue weighted by Gasteiger charge is -2.20. The Labute approximate surface area is 169 Å². The normalized spacial score (nSPS) is 15.9. The number of rotatable bonds is 6. The van der Waals surface area contributed by atoms with Crippen LogP contribution in [-0.4, -0.2) is 38.1 Å². The van der Waals surface area contributed by atoms with E-state index in [2.05, 4.69) is 21.2 Å². The quantitative estimate of drug-likeness (QED) is 0.665. The molecule has 1 fully saturated rings. The van der Waals surface area contributed by atoms with E-state index in [0.717, 1.165) is 35.8 Å². The summed E-state index contributed by atoms with van der Waals surface area (Å²) in [5.41, 5.74) is 1.21. The van der Waals surface area contributed by atoms with E-state index in [-0.39, 0.29) is 17.2 Å². The molecule has 144 valence electrons. The summed E-state index contributed by atoms with van der Waals surface area (Å²) >= 11 is 3.43. The van der Waals surface area contributed by atoms with Crippen molar-refractivity contribution in [3.8, 4) is 0 Å². The second kappa shape index (κ2) is 8.99. The molecule has 1 N–H and O–H groups in total. The number of nitrogens with one attached hydrogen (secondary N) is 1. The maximum absolute atomic E-state index is 12.9. The van der Waals surface area contributed by atoms with Crippen molar-refractivity contribution in [2.45, 2.75) is 30.6 Å². The van der Waals surface area contributed by atoms with Crippen molar-refractivity contribution < 1.29 is 13.2 Å². The Balaban J connectivity index is 1.74. The molecular weight excluding hydrogens is 428 g/mol. The number of sulfonamides is 1. The van der Waals surface area contributed by atoms with E-state index < -0.39 is 10.0 Å². The molecule has 0 aromatic heterocycles. The Morgan fingerprint density at radius 2 is 1.70 bits per heavy atom. The van der Waals surface area contributed by atoms with Crippen LogP contribution in [-0.2, 0) is 10.0 Å². The highest BCUT2D eigenvalue weighted by molar-refractivity contribution is 9.10. The summed E-state index contributed by atoms with van der Waals surface area (Å²) < 4.78 is 28.3. The lowest BCUT2D eigenvalue weighted by atomic mass is 10.1. The van der Waals surface area contributed by atoms with Crippen LogP contribution in [0, 0.1) is 0 Å². The Morgan fingerprint density at radius 1 is 1.00 bits per heavy atom. The van der Waals surface area contributed by atoms with Crippen molar-refractivity contribution in [3.63, 3.8) is 0 Å². The number of ketones is 1. The van der Waals surface area contributed by atoms with Crippen molar-refractivity contribution in [1.82, 2.24) is 4.31 Å². The molecule has 3 rings (SSSR count). The molecule has 1 aliphatic rings. The molecule has 5 nitrogen and oxygen atoms in total. The van der Waals surface area contributed by atoms with Crippen LogP contribution in [0.4, 0.5) is 5.69 Å². The molecule has 0 radical (unpaired) electrons. The summed E-state index contributed by atoms with van der Waals surface area (Å²) in [6.07, 6.45) is 3.89. The average molecular weight is 451 g/mol. The number of anilines is 1. The Kier molecular flexibility index (Phi) is 6.68. The highest BCUT2D eigenvalue weighted by Gasteiger charge is 2.25. The Morgan fingerprint density at radius 3 is 2.41 bits per heavy atom. The van der Waals surface area contributed by atoms with Crippen LogP contribution in [0.25, 0.3) is 0 Å². The fourth-order valence-corrected chi connectivity index (χ4v) is 5.13. The predicted octanol–water partition coefficient (Wildman–Crippen LogP) is 4.31. The first kappa shape index (κ1) is 20.0. The highest BCUT2D eigenvalue weighted by atomic mass is 79.9. The molecule has 2 aromatic rings. The van der Waals surface area contributed by atoms with Gasteiger partial charge in [-0.3, -0.25) is 4.79 Å². The van der Waals surface area contributed by atoms with E-state index in [4.69, 9.17) is 0 Å². The molecule has 1 heterocycles. The minimum Gasteiger partial charge on any atom is -0.377 e. The molecule has 0 saturated carbocycles. The second-order valence-electron chi connectivity index (χ2n) is 6.60. The van der Waals surface area contributed by atoms with E-state index in [9.17, 15) is 13.2 Å². The Hall–Kier alpha value is -1.70. The lowest BCUT2D eigenvalue weighted by molar-refractivity contribution is 0.101. The van der Waals surface area contributed by atoms with Gasteiger partial charge in [0.2, 0.25) is 10.0 Å². The first-order valence-electron chi connectivity index (χ1n) is 9.10. The third kappa shape index (κ3) is 4.97. The van der Waals surface area contributed by atoms with Gasteiger partial charge in [-0.25, -0.2) is 8.42 Å². The van der Waals surface area contributed by atoms with Gasteiger partial charge in [0.25, 0.3) is 0 Å². The van der Waals surface area contributed by atoms with E-state index in [1.54, 1.807) is 22.5 Å². The van der Waals surface area contributed by atoms with E-state index in [1.807, 2.05) is 24.3 Å². The monoisotopic (exact) mass is 450 g/mol. The summed E-state index contributed by atoms with van der Waals surface area (Å²) in [6.45, 7) is 1.18. The molecule has 27 heavy (non-hydrogen) atoms. The zero-order valence-corrected chi connectivity index (χ0v) is 17.4. The summed E-state index contributed by atoms with van der Waals surface area (Å²) in [6, 6.07) is 13.9. The number of carbonyl (C=O) groups excluding carboxylic acids is 1. The number of halogens is 1. The maximum atomic E-state index is 12.9. The average Bonchev–Trinajstić information content (AvgIpc) is 2.97. The summed E-state index contributed by atoms with van der Waals surface area (Å²) in [5.74, 6) is -0.154. The van der Waals surface area contributed by atoms with Crippen molar-refractivity contribution in [2.75, 3.05) is 25.0 Å². The molecule has 0 bridgehead atoms. The SMILES string of the molecule is O=C(CNc1ccccc1Br)c1cccc(S(=O)(=O)N2CCCCCC2)c1. The molecule has 2 aromatic carbocycles. The van der Waals surface area contributed by atoms with Crippen molar-refractivity contribution in [2.24, 2.45) is 0 Å². The largest absolute Gasteiger partial charge is 0.377 e. The molecule has 0 amide bonds. The minimum atomic E-state index is -3.56. The summed E-state index contributed by atoms with van der Waals surface area (Å²) in [4.78, 5) is 12.7. The first-order valence-corrected chi connectivity index (χ1v) is 11.3. The number of hydrogen-bond donors (Lipinski definition) is 1. The van der Waals surface area contributed by atoms with Gasteiger partial charge < -0.3 is 5.32 Å². The minimum absolute atomic E-state index is 0.0931. The van der Waals surface area contributed by atoms with Crippen LogP contribution in [0.3, 0.4) is 0 Å². The molecule has 1 saturated heterocycles. The Bertz CT molecular complexity index is 907. The summed E-state index contributed by atoms with van der Waals surface area (Å²) in [7, 11) is -3.56. The van der Waals surface area contributed by atoms with Crippen LogP contribution >= 0.6 is 15.9 Å². The number of Topliss-reactive ketones (excluding diaryl/α,β-unsaturated/α-hetero) is 1. The zero-order chi connectivity index (χ0) is 19.3. The fourth-order valence-electron chi connectivity index (χ4n) is 3.14. The molecule has 0 aliphatic carbocycles. The van der Waals surface area contributed by atoms with Gasteiger partial charge >= 0.3 is 0 Å². The molecule has 0 unspecified atom stereocenters. The first-order chi connectivity index (χ1) is 13.0. The second-order valence-corrected chi connectivity index (χ2v) is 9.39. The topological polar surface area (TPSA) is 66.5 Å². The van der Waals surface area contributed by atoms with Crippen LogP contribution in [0.5, 0.6) is 0 Å². The number of hydrogen-bond acceptors (Lipinski definition) is 4. The number of para-hydroxylation sites is 1. The fraction of sp³-hybridized carbons (Fsp3) is 0.350. The molecule has 1 aliphatic heterocycles. The van der Waals surface area contributed by atoms with E-state index >= 15 is 0 Å². The van der Waals surface area contributed by atoms with Gasteiger partial charge in [0.15, 0.2) is 5.78 Å². The maximum Gasteiger partial charge on any atom is 0.243 e. The van der Waals surface area contributed by atoms with Gasteiger partial charge in [-0.2, -0.15) is 4.31 Å². The third-order valence-electron chi connectivity index (χ3n) is 4.67. The number of carbonyl (C=O) groups is 1. The molecule has 7 heteroatoms. The standard InChI is InChI=1S/C20H23BrN2O3S/c21-18-10-3-4-11-19(18)22-15-20(24)16-8-7-9-17(14-16)27(25,26)23-12-5-1-2-6-13-23/h3-4,7-11,14,22H,1-2,5-6,12-13,15H2. The van der Waals surface area contributed by atoms with Crippen molar-refractivity contribution in [3.05, 3.63) is 58.6 Å². The van der Waals surface area contributed by atoms with Gasteiger partial charge in [-0.15, -0.1) is 0 Å². The molecular formula is C20H23BrN2O3S. The van der Waals surface area contributed by atoms with E-state index in [0.29, 0.717) is 18.7 Å². The van der Waals surface area contributed by atoms with Crippen LogP contribution in [0.15, 0.2) is 57.9 Å². The summed E-state index contributed by atoms with van der Waals surface area (Å²) in [5, 5.41) is 3.08. The van der Waals surface area contributed by atoms with Crippen LogP contribution in [0.2, 0.25) is 0 Å². The van der Waals surface area contributed by atoms with Gasteiger partial charge in [0.1, 0.15) is 0 Å². The smallest absolute Gasteiger partial charge is 0.243 e. The third-order valence-corrected chi connectivity index (χ3v) is 7.26. The molecule has 0 spiro atoms. The van der Waals surface area contributed by atoms with E-state index in [1.165, 1.54) is 6.07 Å². The van der Waals surface area contributed by atoms with Gasteiger partial charge in [0, 0.05) is 28.8 Å². The molecule has 0 atom stereocenters.